The maximum atomic E-state index is 13.0. The summed E-state index contributed by atoms with van der Waals surface area (Å²) in [4.78, 5) is 14.8. The van der Waals surface area contributed by atoms with Crippen LogP contribution in [0.15, 0.2) is 23.1 Å². The van der Waals surface area contributed by atoms with E-state index in [1.165, 1.54) is 6.42 Å². The Hall–Kier alpha value is -1.60. The molecule has 0 bridgehead atoms. The molecule has 1 aromatic rings. The number of hydrogen-bond acceptors (Lipinski definition) is 4. The molecule has 2 heterocycles. The van der Waals surface area contributed by atoms with Crippen molar-refractivity contribution in [3.05, 3.63) is 23.8 Å². The Morgan fingerprint density at radius 2 is 1.81 bits per heavy atom. The van der Waals surface area contributed by atoms with Gasteiger partial charge in [0.2, 0.25) is 15.9 Å². The average Bonchev–Trinajstić information content (AvgIpc) is 2.68. The summed E-state index contributed by atoms with van der Waals surface area (Å²) in [6.45, 7) is 6.09. The van der Waals surface area contributed by atoms with Crippen LogP contribution in [0.25, 0.3) is 0 Å². The number of carbonyl (C=O) groups is 1. The summed E-state index contributed by atoms with van der Waals surface area (Å²) in [5.74, 6) is 0.0724. The van der Waals surface area contributed by atoms with Crippen molar-refractivity contribution in [3.8, 4) is 0 Å². The Labute approximate surface area is 163 Å². The lowest BCUT2D eigenvalue weighted by Crippen LogP contribution is -2.44. The maximum absolute atomic E-state index is 13.0. The maximum Gasteiger partial charge on any atom is 0.243 e. The lowest BCUT2D eigenvalue weighted by atomic mass is 10.0. The van der Waals surface area contributed by atoms with E-state index in [1.54, 1.807) is 10.4 Å². The minimum Gasteiger partial charge on any atom is -0.376 e. The van der Waals surface area contributed by atoms with E-state index in [9.17, 15) is 13.2 Å². The summed E-state index contributed by atoms with van der Waals surface area (Å²) < 4.78 is 27.6. The molecule has 6 nitrogen and oxygen atoms in total. The molecule has 0 radical (unpaired) electrons. The van der Waals surface area contributed by atoms with Crippen LogP contribution < -0.4 is 5.32 Å². The Bertz CT molecular complexity index is 773. The standard InChI is InChI=1S/C20H31N3O3S/c1-16-9-10-18(21-15-20(24)23-13-7-4-8-17(23)2)14-19(16)27(25,26)22-11-5-3-6-12-22/h9-10,14,17,21H,3-8,11-13,15H2,1-2H3/t17-/m0/s1. The summed E-state index contributed by atoms with van der Waals surface area (Å²) >= 11 is 0. The molecule has 0 unspecified atom stereocenters. The van der Waals surface area contributed by atoms with Gasteiger partial charge < -0.3 is 10.2 Å². The molecular formula is C20H31N3O3S. The monoisotopic (exact) mass is 393 g/mol. The fourth-order valence-corrected chi connectivity index (χ4v) is 5.75. The number of benzene rings is 1. The molecule has 1 aromatic carbocycles. The van der Waals surface area contributed by atoms with Gasteiger partial charge in [-0.1, -0.05) is 12.5 Å². The third-order valence-corrected chi connectivity index (χ3v) is 7.73. The molecule has 7 heteroatoms. The smallest absolute Gasteiger partial charge is 0.243 e. The SMILES string of the molecule is Cc1ccc(NCC(=O)N2CCCC[C@@H]2C)cc1S(=O)(=O)N1CCCCC1. The zero-order valence-corrected chi connectivity index (χ0v) is 17.2. The van der Waals surface area contributed by atoms with Crippen LogP contribution in [-0.2, 0) is 14.8 Å². The van der Waals surface area contributed by atoms with E-state index in [1.807, 2.05) is 24.0 Å². The highest BCUT2D eigenvalue weighted by molar-refractivity contribution is 7.89. The Morgan fingerprint density at radius 3 is 2.52 bits per heavy atom. The third-order valence-electron chi connectivity index (χ3n) is 5.69. The van der Waals surface area contributed by atoms with Crippen molar-refractivity contribution >= 4 is 21.6 Å². The molecule has 3 rings (SSSR count). The van der Waals surface area contributed by atoms with Gasteiger partial charge in [-0.2, -0.15) is 4.31 Å². The molecule has 150 valence electrons. The summed E-state index contributed by atoms with van der Waals surface area (Å²) in [5.41, 5.74) is 1.41. The third kappa shape index (κ3) is 4.63. The van der Waals surface area contributed by atoms with Gasteiger partial charge in [-0.25, -0.2) is 8.42 Å². The van der Waals surface area contributed by atoms with Crippen LogP contribution in [-0.4, -0.2) is 55.8 Å². The Morgan fingerprint density at radius 1 is 1.11 bits per heavy atom. The van der Waals surface area contributed by atoms with Crippen LogP contribution in [0.1, 0.15) is 51.0 Å². The van der Waals surface area contributed by atoms with Crippen LogP contribution in [0, 0.1) is 6.92 Å². The number of aryl methyl sites for hydroxylation is 1. The summed E-state index contributed by atoms with van der Waals surface area (Å²) in [7, 11) is -3.49. The second kappa shape index (κ2) is 8.61. The van der Waals surface area contributed by atoms with Crippen molar-refractivity contribution in [2.45, 2.75) is 63.3 Å². The molecule has 1 atom stereocenters. The molecule has 1 N–H and O–H groups in total. The normalized spacial score (nSPS) is 21.9. The van der Waals surface area contributed by atoms with Gasteiger partial charge >= 0.3 is 0 Å². The van der Waals surface area contributed by atoms with Gasteiger partial charge in [-0.15, -0.1) is 0 Å². The number of piperidine rings is 2. The number of hydrogen-bond donors (Lipinski definition) is 1. The highest BCUT2D eigenvalue weighted by Crippen LogP contribution is 2.26. The molecule has 27 heavy (non-hydrogen) atoms. The predicted molar refractivity (Wildman–Crippen MR) is 107 cm³/mol. The number of likely N-dealkylation sites (tertiary alicyclic amines) is 1. The first-order chi connectivity index (χ1) is 12.9. The second-order valence-corrected chi connectivity index (χ2v) is 9.64. The predicted octanol–water partition coefficient (Wildman–Crippen LogP) is 2.98. The van der Waals surface area contributed by atoms with E-state index >= 15 is 0 Å². The zero-order chi connectivity index (χ0) is 19.4. The average molecular weight is 394 g/mol. The quantitative estimate of drug-likeness (QED) is 0.835. The number of anilines is 1. The fourth-order valence-electron chi connectivity index (χ4n) is 3.98. The van der Waals surface area contributed by atoms with Gasteiger partial charge in [0.1, 0.15) is 0 Å². The van der Waals surface area contributed by atoms with Crippen molar-refractivity contribution in [3.63, 3.8) is 0 Å². The topological polar surface area (TPSA) is 69.7 Å². The number of amides is 1. The van der Waals surface area contributed by atoms with Crippen LogP contribution >= 0.6 is 0 Å². The van der Waals surface area contributed by atoms with Crippen molar-refractivity contribution in [1.29, 1.82) is 0 Å². The molecule has 2 aliphatic heterocycles. The van der Waals surface area contributed by atoms with Crippen LogP contribution in [0.3, 0.4) is 0 Å². The molecule has 2 fully saturated rings. The second-order valence-electron chi connectivity index (χ2n) is 7.73. The number of nitrogens with one attached hydrogen (secondary N) is 1. The van der Waals surface area contributed by atoms with Crippen molar-refractivity contribution in [2.24, 2.45) is 0 Å². The first-order valence-electron chi connectivity index (χ1n) is 10.0. The molecule has 0 aromatic heterocycles. The van der Waals surface area contributed by atoms with E-state index in [2.05, 4.69) is 12.2 Å². The van der Waals surface area contributed by atoms with Gasteiger partial charge in [-0.3, -0.25) is 4.79 Å². The van der Waals surface area contributed by atoms with E-state index in [0.717, 1.165) is 44.2 Å². The van der Waals surface area contributed by atoms with E-state index in [-0.39, 0.29) is 18.5 Å². The largest absolute Gasteiger partial charge is 0.376 e. The first-order valence-corrected chi connectivity index (χ1v) is 11.5. The van der Waals surface area contributed by atoms with Crippen molar-refractivity contribution < 1.29 is 13.2 Å². The van der Waals surface area contributed by atoms with Gasteiger partial charge in [-0.05, 0) is 63.6 Å². The summed E-state index contributed by atoms with van der Waals surface area (Å²) in [5, 5.41) is 3.13. The van der Waals surface area contributed by atoms with Crippen molar-refractivity contribution in [1.82, 2.24) is 9.21 Å². The lowest BCUT2D eigenvalue weighted by Gasteiger charge is -2.33. The van der Waals surface area contributed by atoms with Gasteiger partial charge in [0.05, 0.1) is 11.4 Å². The Kier molecular flexibility index (Phi) is 6.42. The molecule has 0 aliphatic carbocycles. The van der Waals surface area contributed by atoms with Crippen LogP contribution in [0.5, 0.6) is 0 Å². The summed E-state index contributed by atoms with van der Waals surface area (Å²) in [6, 6.07) is 5.61. The minimum absolute atomic E-state index is 0.0724. The Balaban J connectivity index is 1.70. The number of nitrogens with zero attached hydrogens (tertiary/aromatic N) is 2. The van der Waals surface area contributed by atoms with Crippen molar-refractivity contribution in [2.75, 3.05) is 31.5 Å². The number of carbonyl (C=O) groups excluding carboxylic acids is 1. The molecule has 1 amide bonds. The van der Waals surface area contributed by atoms with E-state index in [4.69, 9.17) is 0 Å². The lowest BCUT2D eigenvalue weighted by molar-refractivity contribution is -0.132. The molecular weight excluding hydrogens is 362 g/mol. The fraction of sp³-hybridized carbons (Fsp3) is 0.650. The van der Waals surface area contributed by atoms with Crippen LogP contribution in [0.4, 0.5) is 5.69 Å². The van der Waals surface area contributed by atoms with E-state index < -0.39 is 10.0 Å². The number of sulfonamides is 1. The number of rotatable bonds is 5. The molecule has 2 aliphatic rings. The highest BCUT2D eigenvalue weighted by Gasteiger charge is 2.28. The van der Waals surface area contributed by atoms with E-state index in [0.29, 0.717) is 23.7 Å². The minimum atomic E-state index is -3.49. The molecule has 0 saturated carbocycles. The molecule has 0 spiro atoms. The van der Waals surface area contributed by atoms with Gasteiger partial charge in [0.25, 0.3) is 0 Å². The van der Waals surface area contributed by atoms with Crippen LogP contribution in [0.2, 0.25) is 0 Å². The highest BCUT2D eigenvalue weighted by atomic mass is 32.2. The first kappa shape index (κ1) is 20.1. The molecule has 2 saturated heterocycles. The van der Waals surface area contributed by atoms with Gasteiger partial charge in [0.15, 0.2) is 0 Å². The summed E-state index contributed by atoms with van der Waals surface area (Å²) in [6.07, 6.45) is 6.20. The zero-order valence-electron chi connectivity index (χ0n) is 16.4. The van der Waals surface area contributed by atoms with Gasteiger partial charge in [0, 0.05) is 31.4 Å².